The van der Waals surface area contributed by atoms with Gasteiger partial charge in [-0.1, -0.05) is 25.6 Å². The van der Waals surface area contributed by atoms with Crippen LogP contribution in [-0.2, 0) is 11.3 Å². The molecular formula is C14H20N4O3S. The first-order valence-corrected chi connectivity index (χ1v) is 7.95. The van der Waals surface area contributed by atoms with Gasteiger partial charge < -0.3 is 9.52 Å². The van der Waals surface area contributed by atoms with Crippen molar-refractivity contribution in [2.24, 2.45) is 5.92 Å². The molecule has 22 heavy (non-hydrogen) atoms. The zero-order chi connectivity index (χ0) is 16.4. The van der Waals surface area contributed by atoms with Gasteiger partial charge in [0, 0.05) is 12.2 Å². The molecule has 0 radical (unpaired) electrons. The number of thioether (sulfide) groups is 1. The van der Waals surface area contributed by atoms with E-state index in [-0.39, 0.29) is 5.22 Å². The largest absolute Gasteiger partial charge is 0.480 e. The molecule has 2 rings (SSSR count). The van der Waals surface area contributed by atoms with Crippen LogP contribution in [0.25, 0.3) is 11.5 Å². The van der Waals surface area contributed by atoms with Crippen molar-refractivity contribution in [3.63, 3.8) is 0 Å². The maximum absolute atomic E-state index is 10.9. The summed E-state index contributed by atoms with van der Waals surface area (Å²) in [7, 11) is 0. The fourth-order valence-corrected chi connectivity index (χ4v) is 2.71. The van der Waals surface area contributed by atoms with E-state index in [0.29, 0.717) is 11.8 Å². The predicted octanol–water partition coefficient (Wildman–Crippen LogP) is 2.77. The molecule has 0 aliphatic carbocycles. The molecule has 2 aromatic rings. The average Bonchev–Trinajstić information content (AvgIpc) is 2.94. The Morgan fingerprint density at radius 2 is 2.00 bits per heavy atom. The minimum Gasteiger partial charge on any atom is -0.480 e. The molecule has 0 aliphatic rings. The Morgan fingerprint density at radius 1 is 1.32 bits per heavy atom. The van der Waals surface area contributed by atoms with Crippen LogP contribution in [0.4, 0.5) is 0 Å². The van der Waals surface area contributed by atoms with E-state index in [4.69, 9.17) is 9.52 Å². The third kappa shape index (κ3) is 3.49. The number of hydrogen-bond acceptors (Lipinski definition) is 6. The smallest absolute Gasteiger partial charge is 0.316 e. The Kier molecular flexibility index (Phi) is 4.90. The molecule has 0 saturated heterocycles. The summed E-state index contributed by atoms with van der Waals surface area (Å²) in [6.07, 6.45) is 0. The highest BCUT2D eigenvalue weighted by molar-refractivity contribution is 8.00. The molecule has 0 amide bonds. The molecule has 120 valence electrons. The molecule has 0 aliphatic heterocycles. The SMILES string of the molecule is Cc1nn(CC(C)C)c(C)c1-c1nnc(SC(C)C(=O)O)o1. The van der Waals surface area contributed by atoms with E-state index in [0.717, 1.165) is 35.3 Å². The summed E-state index contributed by atoms with van der Waals surface area (Å²) in [6.45, 7) is 10.5. The number of aromatic nitrogens is 4. The van der Waals surface area contributed by atoms with Crippen molar-refractivity contribution >= 4 is 17.7 Å². The standard InChI is InChI=1S/C14H20N4O3S/c1-7(2)6-18-9(4)11(8(3)17-18)12-15-16-14(21-12)22-10(5)13(19)20/h7,10H,6H2,1-5H3,(H,19,20). The second kappa shape index (κ2) is 6.51. The molecule has 1 atom stereocenters. The molecule has 2 heterocycles. The van der Waals surface area contributed by atoms with Crippen molar-refractivity contribution in [1.82, 2.24) is 20.0 Å². The molecule has 8 heteroatoms. The lowest BCUT2D eigenvalue weighted by atomic mass is 10.2. The van der Waals surface area contributed by atoms with Crippen LogP contribution in [-0.4, -0.2) is 36.3 Å². The fourth-order valence-electron chi connectivity index (χ4n) is 2.09. The Morgan fingerprint density at radius 3 is 2.59 bits per heavy atom. The Balaban J connectivity index is 2.27. The van der Waals surface area contributed by atoms with Crippen molar-refractivity contribution in [3.05, 3.63) is 11.4 Å². The van der Waals surface area contributed by atoms with Gasteiger partial charge in [0.2, 0.25) is 0 Å². The van der Waals surface area contributed by atoms with Gasteiger partial charge in [0.05, 0.1) is 11.3 Å². The highest BCUT2D eigenvalue weighted by Gasteiger charge is 2.22. The normalized spacial score (nSPS) is 12.8. The lowest BCUT2D eigenvalue weighted by molar-refractivity contribution is -0.136. The minimum atomic E-state index is -0.915. The van der Waals surface area contributed by atoms with E-state index in [9.17, 15) is 4.79 Å². The molecule has 7 nitrogen and oxygen atoms in total. The monoisotopic (exact) mass is 324 g/mol. The van der Waals surface area contributed by atoms with Gasteiger partial charge in [0.1, 0.15) is 5.25 Å². The highest BCUT2D eigenvalue weighted by Crippen LogP contribution is 2.30. The van der Waals surface area contributed by atoms with E-state index >= 15 is 0 Å². The van der Waals surface area contributed by atoms with Crippen LogP contribution < -0.4 is 0 Å². The second-order valence-corrected chi connectivity index (χ2v) is 6.89. The van der Waals surface area contributed by atoms with Gasteiger partial charge in [-0.2, -0.15) is 5.10 Å². The van der Waals surface area contributed by atoms with Gasteiger partial charge in [-0.05, 0) is 26.7 Å². The first-order chi connectivity index (χ1) is 10.3. The quantitative estimate of drug-likeness (QED) is 0.816. The zero-order valence-corrected chi connectivity index (χ0v) is 14.1. The van der Waals surface area contributed by atoms with Crippen LogP contribution in [0, 0.1) is 19.8 Å². The number of carboxylic acids is 1. The second-order valence-electron chi connectivity index (χ2n) is 5.59. The van der Waals surface area contributed by atoms with Gasteiger partial charge in [0.25, 0.3) is 11.1 Å². The third-order valence-electron chi connectivity index (χ3n) is 3.17. The molecule has 0 saturated carbocycles. The summed E-state index contributed by atoms with van der Waals surface area (Å²) >= 11 is 1.03. The van der Waals surface area contributed by atoms with Gasteiger partial charge in [-0.15, -0.1) is 10.2 Å². The number of carboxylic acid groups (broad SMARTS) is 1. The number of rotatable bonds is 6. The number of aliphatic carboxylic acids is 1. The summed E-state index contributed by atoms with van der Waals surface area (Å²) in [5, 5.41) is 21.0. The molecule has 0 aromatic carbocycles. The highest BCUT2D eigenvalue weighted by atomic mass is 32.2. The summed E-state index contributed by atoms with van der Waals surface area (Å²) in [6, 6.07) is 0. The van der Waals surface area contributed by atoms with Crippen LogP contribution >= 0.6 is 11.8 Å². The van der Waals surface area contributed by atoms with Gasteiger partial charge in [-0.3, -0.25) is 9.48 Å². The molecule has 0 bridgehead atoms. The number of carbonyl (C=O) groups is 1. The van der Waals surface area contributed by atoms with E-state index in [1.807, 2.05) is 18.5 Å². The number of hydrogen-bond donors (Lipinski definition) is 1. The Hall–Kier alpha value is -1.83. The Labute approximate surface area is 133 Å². The number of aryl methyl sites for hydroxylation is 1. The third-order valence-corrected chi connectivity index (χ3v) is 4.09. The van der Waals surface area contributed by atoms with Crippen molar-refractivity contribution in [2.75, 3.05) is 0 Å². The van der Waals surface area contributed by atoms with E-state index < -0.39 is 11.2 Å². The molecule has 1 N–H and O–H groups in total. The summed E-state index contributed by atoms with van der Waals surface area (Å²) in [5.74, 6) is -0.0528. The van der Waals surface area contributed by atoms with Crippen LogP contribution in [0.1, 0.15) is 32.2 Å². The van der Waals surface area contributed by atoms with Crippen molar-refractivity contribution in [1.29, 1.82) is 0 Å². The first-order valence-electron chi connectivity index (χ1n) is 7.07. The topological polar surface area (TPSA) is 94.0 Å². The maximum Gasteiger partial charge on any atom is 0.316 e. The molecule has 2 aromatic heterocycles. The van der Waals surface area contributed by atoms with Crippen molar-refractivity contribution in [3.8, 4) is 11.5 Å². The maximum atomic E-state index is 10.9. The molecule has 0 fully saturated rings. The molecule has 1 unspecified atom stereocenters. The van der Waals surface area contributed by atoms with E-state index in [2.05, 4.69) is 29.1 Å². The van der Waals surface area contributed by atoms with Gasteiger partial charge in [-0.25, -0.2) is 0 Å². The Bertz CT molecular complexity index is 678. The first kappa shape index (κ1) is 16.5. The average molecular weight is 324 g/mol. The lowest BCUT2D eigenvalue weighted by Crippen LogP contribution is -2.10. The fraction of sp³-hybridized carbons (Fsp3) is 0.571. The van der Waals surface area contributed by atoms with Crippen molar-refractivity contribution in [2.45, 2.75) is 51.6 Å². The van der Waals surface area contributed by atoms with Crippen LogP contribution in [0.15, 0.2) is 9.64 Å². The van der Waals surface area contributed by atoms with E-state index in [1.54, 1.807) is 6.92 Å². The summed E-state index contributed by atoms with van der Waals surface area (Å²) in [5.41, 5.74) is 2.62. The van der Waals surface area contributed by atoms with E-state index in [1.165, 1.54) is 0 Å². The van der Waals surface area contributed by atoms with Crippen LogP contribution in [0.5, 0.6) is 0 Å². The lowest BCUT2D eigenvalue weighted by Gasteiger charge is -2.07. The predicted molar refractivity (Wildman–Crippen MR) is 82.8 cm³/mol. The molecular weight excluding hydrogens is 304 g/mol. The minimum absolute atomic E-state index is 0.250. The van der Waals surface area contributed by atoms with Crippen LogP contribution in [0.2, 0.25) is 0 Å². The molecule has 0 spiro atoms. The van der Waals surface area contributed by atoms with Crippen LogP contribution in [0.3, 0.4) is 0 Å². The van der Waals surface area contributed by atoms with Crippen molar-refractivity contribution < 1.29 is 14.3 Å². The summed E-state index contributed by atoms with van der Waals surface area (Å²) in [4.78, 5) is 10.9. The number of nitrogens with zero attached hydrogens (tertiary/aromatic N) is 4. The van der Waals surface area contributed by atoms with Gasteiger partial charge in [0.15, 0.2) is 0 Å². The zero-order valence-electron chi connectivity index (χ0n) is 13.3. The van der Waals surface area contributed by atoms with Gasteiger partial charge >= 0.3 is 5.97 Å². The summed E-state index contributed by atoms with van der Waals surface area (Å²) < 4.78 is 7.53.